The van der Waals surface area contributed by atoms with Crippen molar-refractivity contribution in [1.82, 2.24) is 15.0 Å². The standard InChI is InChI=1S/C18H16N4O/c23-18(11-22-12-19-16-7-3-4-8-17(16)22)21-20-15-9-13-5-1-2-6-14(13)10-15/h1-8,12H,9-11H2,(H,21,23). The van der Waals surface area contributed by atoms with Crippen LogP contribution in [0.4, 0.5) is 0 Å². The Labute approximate surface area is 133 Å². The Hall–Kier alpha value is -2.95. The molecule has 114 valence electrons. The fraction of sp³-hybridized carbons (Fsp3) is 0.167. The Kier molecular flexibility index (Phi) is 3.38. The van der Waals surface area contributed by atoms with Gasteiger partial charge in [0.05, 0.1) is 17.4 Å². The van der Waals surface area contributed by atoms with E-state index in [0.29, 0.717) is 0 Å². The highest BCUT2D eigenvalue weighted by Gasteiger charge is 2.16. The number of para-hydroxylation sites is 2. The lowest BCUT2D eigenvalue weighted by atomic mass is 10.1. The lowest BCUT2D eigenvalue weighted by Crippen LogP contribution is -2.24. The first-order chi connectivity index (χ1) is 11.3. The van der Waals surface area contributed by atoms with Crippen molar-refractivity contribution in [2.45, 2.75) is 19.4 Å². The first-order valence-corrected chi connectivity index (χ1v) is 7.60. The number of carbonyl (C=O) groups excluding carboxylic acids is 1. The first kappa shape index (κ1) is 13.7. The summed E-state index contributed by atoms with van der Waals surface area (Å²) in [5, 5.41) is 4.28. The van der Waals surface area contributed by atoms with Crippen LogP contribution in [-0.2, 0) is 24.2 Å². The molecule has 1 heterocycles. The molecule has 0 saturated carbocycles. The highest BCUT2D eigenvalue weighted by molar-refractivity contribution is 5.93. The highest BCUT2D eigenvalue weighted by atomic mass is 16.2. The minimum absolute atomic E-state index is 0.142. The van der Waals surface area contributed by atoms with Crippen LogP contribution in [0.3, 0.4) is 0 Å². The fourth-order valence-corrected chi connectivity index (χ4v) is 2.95. The number of nitrogens with one attached hydrogen (secondary N) is 1. The summed E-state index contributed by atoms with van der Waals surface area (Å²) >= 11 is 0. The second-order valence-electron chi connectivity index (χ2n) is 5.70. The highest BCUT2D eigenvalue weighted by Crippen LogP contribution is 2.19. The summed E-state index contributed by atoms with van der Waals surface area (Å²) in [5.74, 6) is -0.142. The molecule has 5 nitrogen and oxygen atoms in total. The van der Waals surface area contributed by atoms with Crippen molar-refractivity contribution < 1.29 is 4.79 Å². The third-order valence-electron chi connectivity index (χ3n) is 4.09. The summed E-state index contributed by atoms with van der Waals surface area (Å²) in [6.07, 6.45) is 3.30. The van der Waals surface area contributed by atoms with Crippen LogP contribution in [0.15, 0.2) is 60.0 Å². The number of imidazole rings is 1. The molecule has 2 aromatic carbocycles. The fourth-order valence-electron chi connectivity index (χ4n) is 2.95. The Balaban J connectivity index is 1.42. The van der Waals surface area contributed by atoms with Crippen molar-refractivity contribution >= 4 is 22.7 Å². The summed E-state index contributed by atoms with van der Waals surface area (Å²) < 4.78 is 1.83. The van der Waals surface area contributed by atoms with Gasteiger partial charge in [0.1, 0.15) is 6.54 Å². The van der Waals surface area contributed by atoms with Crippen LogP contribution in [-0.4, -0.2) is 21.2 Å². The van der Waals surface area contributed by atoms with E-state index >= 15 is 0 Å². The number of fused-ring (bicyclic) bond motifs is 2. The maximum absolute atomic E-state index is 12.1. The lowest BCUT2D eigenvalue weighted by molar-refractivity contribution is -0.121. The molecule has 0 saturated heterocycles. The van der Waals surface area contributed by atoms with Gasteiger partial charge in [0.25, 0.3) is 5.91 Å². The Morgan fingerprint density at radius 1 is 1.09 bits per heavy atom. The summed E-state index contributed by atoms with van der Waals surface area (Å²) in [6.45, 7) is 0.213. The van der Waals surface area contributed by atoms with Crippen LogP contribution in [0.5, 0.6) is 0 Å². The predicted molar refractivity (Wildman–Crippen MR) is 89.2 cm³/mol. The maximum Gasteiger partial charge on any atom is 0.260 e. The average molecular weight is 304 g/mol. The van der Waals surface area contributed by atoms with Crippen molar-refractivity contribution in [3.8, 4) is 0 Å². The van der Waals surface area contributed by atoms with E-state index in [9.17, 15) is 4.79 Å². The molecule has 23 heavy (non-hydrogen) atoms. The number of hydrazone groups is 1. The van der Waals surface area contributed by atoms with E-state index in [1.54, 1.807) is 6.33 Å². The smallest absolute Gasteiger partial charge is 0.260 e. The number of benzene rings is 2. The van der Waals surface area contributed by atoms with Crippen molar-refractivity contribution in [1.29, 1.82) is 0 Å². The van der Waals surface area contributed by atoms with E-state index in [1.807, 2.05) is 41.0 Å². The molecule has 3 aromatic rings. The molecular weight excluding hydrogens is 288 g/mol. The minimum Gasteiger partial charge on any atom is -0.321 e. The van der Waals surface area contributed by atoms with Gasteiger partial charge in [-0.2, -0.15) is 5.10 Å². The SMILES string of the molecule is O=C(Cn1cnc2ccccc21)NN=C1Cc2ccccc2C1. The zero-order valence-electron chi connectivity index (χ0n) is 12.6. The summed E-state index contributed by atoms with van der Waals surface area (Å²) in [5.41, 5.74) is 8.08. The maximum atomic E-state index is 12.1. The van der Waals surface area contributed by atoms with Crippen LogP contribution in [0.2, 0.25) is 0 Å². The molecule has 0 aliphatic heterocycles. The summed E-state index contributed by atoms with van der Waals surface area (Å²) in [4.78, 5) is 16.4. The molecule has 0 fully saturated rings. The van der Waals surface area contributed by atoms with E-state index in [2.05, 4.69) is 27.6 Å². The van der Waals surface area contributed by atoms with Crippen LogP contribution in [0.25, 0.3) is 11.0 Å². The van der Waals surface area contributed by atoms with Gasteiger partial charge in [-0.05, 0) is 23.3 Å². The number of rotatable bonds is 3. The first-order valence-electron chi connectivity index (χ1n) is 7.60. The topological polar surface area (TPSA) is 59.3 Å². The predicted octanol–water partition coefficient (Wildman–Crippen LogP) is 2.31. The normalized spacial score (nSPS) is 13.1. The number of carbonyl (C=O) groups is 1. The van der Waals surface area contributed by atoms with Gasteiger partial charge in [0.15, 0.2) is 0 Å². The van der Waals surface area contributed by atoms with Crippen LogP contribution in [0.1, 0.15) is 11.1 Å². The zero-order valence-corrected chi connectivity index (χ0v) is 12.6. The van der Waals surface area contributed by atoms with Crippen molar-refractivity contribution in [2.75, 3.05) is 0 Å². The lowest BCUT2D eigenvalue weighted by Gasteiger charge is -2.03. The molecule has 1 aromatic heterocycles. The largest absolute Gasteiger partial charge is 0.321 e. The van der Waals surface area contributed by atoms with E-state index in [0.717, 1.165) is 29.6 Å². The van der Waals surface area contributed by atoms with E-state index < -0.39 is 0 Å². The van der Waals surface area contributed by atoms with Crippen LogP contribution in [0, 0.1) is 0 Å². The Bertz CT molecular complexity index is 883. The molecule has 0 bridgehead atoms. The number of amides is 1. The monoisotopic (exact) mass is 304 g/mol. The van der Waals surface area contributed by atoms with Crippen molar-refractivity contribution in [2.24, 2.45) is 5.10 Å². The van der Waals surface area contributed by atoms with Gasteiger partial charge in [0, 0.05) is 18.6 Å². The molecule has 1 N–H and O–H groups in total. The average Bonchev–Trinajstić information content (AvgIpc) is 3.17. The molecule has 1 aliphatic carbocycles. The van der Waals surface area contributed by atoms with Gasteiger partial charge >= 0.3 is 0 Å². The number of nitrogens with zero attached hydrogens (tertiary/aromatic N) is 3. The number of aromatic nitrogens is 2. The molecule has 1 amide bonds. The summed E-state index contributed by atoms with van der Waals surface area (Å²) in [6, 6.07) is 16.0. The van der Waals surface area contributed by atoms with E-state index in [-0.39, 0.29) is 12.5 Å². The van der Waals surface area contributed by atoms with Gasteiger partial charge in [0.2, 0.25) is 0 Å². The molecule has 0 spiro atoms. The minimum atomic E-state index is -0.142. The van der Waals surface area contributed by atoms with Crippen LogP contribution < -0.4 is 5.43 Å². The van der Waals surface area contributed by atoms with Gasteiger partial charge in [-0.15, -0.1) is 0 Å². The molecular formula is C18H16N4O. The van der Waals surface area contributed by atoms with Crippen molar-refractivity contribution in [3.63, 3.8) is 0 Å². The zero-order chi connectivity index (χ0) is 15.6. The van der Waals surface area contributed by atoms with Gasteiger partial charge in [-0.3, -0.25) is 4.79 Å². The third kappa shape index (κ3) is 2.73. The Morgan fingerprint density at radius 3 is 2.57 bits per heavy atom. The molecule has 0 radical (unpaired) electrons. The third-order valence-corrected chi connectivity index (χ3v) is 4.09. The second kappa shape index (κ2) is 5.68. The van der Waals surface area contributed by atoms with Crippen LogP contribution >= 0.6 is 0 Å². The van der Waals surface area contributed by atoms with Gasteiger partial charge < -0.3 is 4.57 Å². The number of hydrogen-bond acceptors (Lipinski definition) is 3. The summed E-state index contributed by atoms with van der Waals surface area (Å²) in [7, 11) is 0. The quantitative estimate of drug-likeness (QED) is 0.755. The van der Waals surface area contributed by atoms with E-state index in [1.165, 1.54) is 11.1 Å². The van der Waals surface area contributed by atoms with Crippen molar-refractivity contribution in [3.05, 3.63) is 66.0 Å². The molecule has 0 unspecified atom stereocenters. The Morgan fingerprint density at radius 2 is 1.78 bits per heavy atom. The molecule has 5 heteroatoms. The molecule has 1 aliphatic rings. The molecule has 0 atom stereocenters. The van der Waals surface area contributed by atoms with Gasteiger partial charge in [-0.25, -0.2) is 10.4 Å². The second-order valence-corrected chi connectivity index (χ2v) is 5.70. The molecule has 4 rings (SSSR count). The number of hydrogen-bond donors (Lipinski definition) is 1. The van der Waals surface area contributed by atoms with Gasteiger partial charge in [-0.1, -0.05) is 36.4 Å². The van der Waals surface area contributed by atoms with E-state index in [4.69, 9.17) is 0 Å².